The summed E-state index contributed by atoms with van der Waals surface area (Å²) in [5.41, 5.74) is 7.29. The van der Waals surface area contributed by atoms with Crippen molar-refractivity contribution in [1.82, 2.24) is 9.55 Å². The van der Waals surface area contributed by atoms with Crippen LogP contribution in [0.25, 0.3) is 11.0 Å². The summed E-state index contributed by atoms with van der Waals surface area (Å²) in [4.78, 5) is 4.49. The normalized spacial score (nSPS) is 13.4. The lowest BCUT2D eigenvalue weighted by Gasteiger charge is -2.16. The molecule has 0 saturated heterocycles. The second-order valence-corrected chi connectivity index (χ2v) is 5.10. The summed E-state index contributed by atoms with van der Waals surface area (Å²) >= 11 is 6.02. The summed E-state index contributed by atoms with van der Waals surface area (Å²) in [5.74, 6) is 0.660. The van der Waals surface area contributed by atoms with Crippen molar-refractivity contribution in [3.05, 3.63) is 29.0 Å². The van der Waals surface area contributed by atoms with Gasteiger partial charge in [-0.25, -0.2) is 4.98 Å². The van der Waals surface area contributed by atoms with Crippen molar-refractivity contribution < 1.29 is 5.11 Å². The molecule has 0 saturated carbocycles. The number of fused-ring (bicyclic) bond motifs is 1. The third kappa shape index (κ3) is 2.36. The minimum atomic E-state index is -0.636. The number of nitrogens with zero attached hydrogens (tertiary/aromatic N) is 2. The Morgan fingerprint density at radius 3 is 2.78 bits per heavy atom. The monoisotopic (exact) mass is 267 g/mol. The lowest BCUT2D eigenvalue weighted by molar-refractivity contribution is 0.155. The number of aromatic nitrogens is 2. The van der Waals surface area contributed by atoms with E-state index in [1.54, 1.807) is 6.07 Å². The van der Waals surface area contributed by atoms with E-state index in [2.05, 4.69) is 18.8 Å². The second kappa shape index (κ2) is 5.26. The van der Waals surface area contributed by atoms with Crippen LogP contribution >= 0.6 is 11.6 Å². The molecule has 0 spiro atoms. The molecule has 0 aliphatic rings. The third-order valence-corrected chi connectivity index (χ3v) is 3.17. The van der Waals surface area contributed by atoms with E-state index < -0.39 is 6.10 Å². The number of imidazole rings is 1. The minimum Gasteiger partial charge on any atom is -0.385 e. The van der Waals surface area contributed by atoms with Crippen LogP contribution < -0.4 is 5.73 Å². The van der Waals surface area contributed by atoms with E-state index in [-0.39, 0.29) is 6.04 Å². The number of nitrogens with two attached hydrogens (primary N) is 1. The summed E-state index contributed by atoms with van der Waals surface area (Å²) in [6.45, 7) is 4.55. The number of hydrogen-bond donors (Lipinski definition) is 2. The molecule has 98 valence electrons. The predicted octanol–water partition coefficient (Wildman–Crippen LogP) is 2.65. The molecule has 2 rings (SSSR count). The fourth-order valence-electron chi connectivity index (χ4n) is 2.15. The van der Waals surface area contributed by atoms with Gasteiger partial charge in [0.1, 0.15) is 11.9 Å². The molecule has 0 amide bonds. The smallest absolute Gasteiger partial charge is 0.139 e. The van der Waals surface area contributed by atoms with Gasteiger partial charge < -0.3 is 15.4 Å². The number of aliphatic hydroxyl groups is 1. The highest BCUT2D eigenvalue weighted by Crippen LogP contribution is 2.28. The fraction of sp³-hybridized carbons (Fsp3) is 0.462. The first kappa shape index (κ1) is 13.3. The van der Waals surface area contributed by atoms with Gasteiger partial charge in [0.05, 0.1) is 11.0 Å². The maximum atomic E-state index is 10.1. The van der Waals surface area contributed by atoms with Crippen molar-refractivity contribution in [3.8, 4) is 0 Å². The van der Waals surface area contributed by atoms with E-state index in [4.69, 9.17) is 17.3 Å². The Bertz CT molecular complexity index is 550. The van der Waals surface area contributed by atoms with E-state index in [9.17, 15) is 5.11 Å². The van der Waals surface area contributed by atoms with Crippen LogP contribution in [0.3, 0.4) is 0 Å². The molecule has 0 fully saturated rings. The molecule has 4 nitrogen and oxygen atoms in total. The molecule has 0 radical (unpaired) electrons. The summed E-state index contributed by atoms with van der Waals surface area (Å²) < 4.78 is 2.02. The average Bonchev–Trinajstić information content (AvgIpc) is 2.67. The number of aliphatic hydroxyl groups excluding tert-OH is 1. The van der Waals surface area contributed by atoms with Gasteiger partial charge in [0.2, 0.25) is 0 Å². The van der Waals surface area contributed by atoms with E-state index in [0.29, 0.717) is 23.8 Å². The predicted molar refractivity (Wildman–Crippen MR) is 73.8 cm³/mol. The van der Waals surface area contributed by atoms with Crippen molar-refractivity contribution in [1.29, 1.82) is 0 Å². The summed E-state index contributed by atoms with van der Waals surface area (Å²) in [6, 6.07) is 5.76. The Labute approximate surface area is 111 Å². The molecular weight excluding hydrogens is 250 g/mol. The number of benzene rings is 1. The SMILES string of the molecule is CC(C)n1c(C(O)CCN)nc2ccc(Cl)cc21. The Balaban J connectivity index is 2.61. The van der Waals surface area contributed by atoms with Crippen LogP contribution in [0.1, 0.15) is 38.2 Å². The standard InChI is InChI=1S/C13H18ClN3O/c1-8(2)17-11-7-9(14)3-4-10(11)16-13(17)12(18)5-6-15/h3-4,7-8,12,18H,5-6,15H2,1-2H3. The van der Waals surface area contributed by atoms with Gasteiger partial charge in [0.25, 0.3) is 0 Å². The first-order valence-electron chi connectivity index (χ1n) is 6.10. The van der Waals surface area contributed by atoms with Crippen molar-refractivity contribution in [2.24, 2.45) is 5.73 Å². The maximum Gasteiger partial charge on any atom is 0.139 e. The van der Waals surface area contributed by atoms with Gasteiger partial charge in [0, 0.05) is 11.1 Å². The largest absolute Gasteiger partial charge is 0.385 e. The van der Waals surface area contributed by atoms with E-state index in [0.717, 1.165) is 11.0 Å². The van der Waals surface area contributed by atoms with Crippen LogP contribution in [0.2, 0.25) is 5.02 Å². The van der Waals surface area contributed by atoms with Crippen LogP contribution in [-0.2, 0) is 0 Å². The minimum absolute atomic E-state index is 0.205. The Morgan fingerprint density at radius 1 is 1.44 bits per heavy atom. The first-order chi connectivity index (χ1) is 8.54. The molecule has 3 N–H and O–H groups in total. The summed E-state index contributed by atoms with van der Waals surface area (Å²) in [5, 5.41) is 10.8. The summed E-state index contributed by atoms with van der Waals surface area (Å²) in [6.07, 6.45) is -0.132. The molecule has 0 aliphatic carbocycles. The van der Waals surface area contributed by atoms with Crippen LogP contribution in [-0.4, -0.2) is 21.2 Å². The zero-order chi connectivity index (χ0) is 13.3. The van der Waals surface area contributed by atoms with Crippen LogP contribution in [0.15, 0.2) is 18.2 Å². The van der Waals surface area contributed by atoms with E-state index in [1.807, 2.05) is 16.7 Å². The number of rotatable bonds is 4. The molecule has 5 heteroatoms. The number of halogens is 1. The van der Waals surface area contributed by atoms with Crippen molar-refractivity contribution >= 4 is 22.6 Å². The molecule has 1 aromatic carbocycles. The zero-order valence-electron chi connectivity index (χ0n) is 10.6. The van der Waals surface area contributed by atoms with Gasteiger partial charge in [-0.15, -0.1) is 0 Å². The highest BCUT2D eigenvalue weighted by molar-refractivity contribution is 6.31. The van der Waals surface area contributed by atoms with Gasteiger partial charge in [0.15, 0.2) is 0 Å². The molecule has 1 atom stereocenters. The molecule has 1 heterocycles. The van der Waals surface area contributed by atoms with Crippen molar-refractivity contribution in [2.45, 2.75) is 32.4 Å². The summed E-state index contributed by atoms with van der Waals surface area (Å²) in [7, 11) is 0. The number of hydrogen-bond acceptors (Lipinski definition) is 3. The van der Waals surface area contributed by atoms with E-state index >= 15 is 0 Å². The third-order valence-electron chi connectivity index (χ3n) is 2.93. The highest BCUT2D eigenvalue weighted by atomic mass is 35.5. The maximum absolute atomic E-state index is 10.1. The second-order valence-electron chi connectivity index (χ2n) is 4.66. The van der Waals surface area contributed by atoms with Crippen molar-refractivity contribution in [2.75, 3.05) is 6.54 Å². The first-order valence-corrected chi connectivity index (χ1v) is 6.48. The average molecular weight is 268 g/mol. The van der Waals surface area contributed by atoms with Gasteiger partial charge in [-0.1, -0.05) is 11.6 Å². The highest BCUT2D eigenvalue weighted by Gasteiger charge is 2.19. The lowest BCUT2D eigenvalue weighted by Crippen LogP contribution is -2.14. The quantitative estimate of drug-likeness (QED) is 0.895. The van der Waals surface area contributed by atoms with Crippen molar-refractivity contribution in [3.63, 3.8) is 0 Å². The molecule has 0 bridgehead atoms. The molecule has 18 heavy (non-hydrogen) atoms. The van der Waals surface area contributed by atoms with Gasteiger partial charge >= 0.3 is 0 Å². The lowest BCUT2D eigenvalue weighted by atomic mass is 10.2. The molecule has 0 aliphatic heterocycles. The Hall–Kier alpha value is -1.10. The molecule has 1 aromatic heterocycles. The molecule has 1 unspecified atom stereocenters. The van der Waals surface area contributed by atoms with E-state index in [1.165, 1.54) is 0 Å². The topological polar surface area (TPSA) is 64.1 Å². The Kier molecular flexibility index (Phi) is 3.90. The van der Waals surface area contributed by atoms with Gasteiger partial charge in [-0.3, -0.25) is 0 Å². The van der Waals surface area contributed by atoms with Gasteiger partial charge in [-0.05, 0) is 45.0 Å². The molecule has 2 aromatic rings. The Morgan fingerprint density at radius 2 is 2.17 bits per heavy atom. The van der Waals surface area contributed by atoms with Crippen LogP contribution in [0, 0.1) is 0 Å². The van der Waals surface area contributed by atoms with Crippen LogP contribution in [0.4, 0.5) is 0 Å². The fourth-order valence-corrected chi connectivity index (χ4v) is 2.32. The molecular formula is C13H18ClN3O. The zero-order valence-corrected chi connectivity index (χ0v) is 11.4. The van der Waals surface area contributed by atoms with Gasteiger partial charge in [-0.2, -0.15) is 0 Å². The van der Waals surface area contributed by atoms with Crippen LogP contribution in [0.5, 0.6) is 0 Å².